The third-order valence-corrected chi connectivity index (χ3v) is 7.44. The number of hydrogen-bond donors (Lipinski definition) is 0. The Balaban J connectivity index is 1.35. The number of nitrogens with zero attached hydrogens (tertiary/aromatic N) is 4. The summed E-state index contributed by atoms with van der Waals surface area (Å²) in [6.45, 7) is 0.729. The third-order valence-electron chi connectivity index (χ3n) is 7.44. The van der Waals surface area contributed by atoms with Crippen LogP contribution in [0.1, 0.15) is 90.0 Å². The van der Waals surface area contributed by atoms with E-state index in [1.165, 1.54) is 12.1 Å². The number of nitriles is 1. The number of alkyl halides is 3. The van der Waals surface area contributed by atoms with Crippen LogP contribution in [0.4, 0.5) is 13.2 Å². The molecule has 1 aromatic heterocycles. The summed E-state index contributed by atoms with van der Waals surface area (Å²) >= 11 is 0. The summed E-state index contributed by atoms with van der Waals surface area (Å²) in [5, 5.41) is 13.8. The van der Waals surface area contributed by atoms with Gasteiger partial charge < -0.3 is 4.90 Å². The van der Waals surface area contributed by atoms with E-state index >= 15 is 0 Å². The van der Waals surface area contributed by atoms with Gasteiger partial charge in [0.05, 0.1) is 35.1 Å². The lowest BCUT2D eigenvalue weighted by atomic mass is 9.87. The third kappa shape index (κ3) is 4.25. The van der Waals surface area contributed by atoms with Crippen molar-refractivity contribution >= 4 is 5.91 Å². The van der Waals surface area contributed by atoms with Crippen LogP contribution in [0.3, 0.4) is 0 Å². The van der Waals surface area contributed by atoms with E-state index in [0.717, 1.165) is 50.3 Å². The highest BCUT2D eigenvalue weighted by molar-refractivity contribution is 5.95. The normalized spacial score (nSPS) is 25.8. The van der Waals surface area contributed by atoms with Crippen LogP contribution in [0.2, 0.25) is 0 Å². The van der Waals surface area contributed by atoms with Crippen molar-refractivity contribution in [3.8, 4) is 6.07 Å². The van der Waals surface area contributed by atoms with Crippen LogP contribution < -0.4 is 0 Å². The Kier molecular flexibility index (Phi) is 5.67. The molecule has 3 aliphatic rings. The van der Waals surface area contributed by atoms with Crippen LogP contribution in [-0.2, 0) is 6.18 Å². The molecule has 2 heterocycles. The number of rotatable bonds is 4. The molecule has 1 saturated heterocycles. The van der Waals surface area contributed by atoms with E-state index in [2.05, 4.69) is 11.2 Å². The van der Waals surface area contributed by atoms with Gasteiger partial charge in [0, 0.05) is 30.8 Å². The summed E-state index contributed by atoms with van der Waals surface area (Å²) in [5.74, 6) is -0.0267. The second-order valence-corrected chi connectivity index (χ2v) is 9.62. The maximum absolute atomic E-state index is 13.5. The fraction of sp³-hybridized carbons (Fsp3) is 0.560. The molecule has 33 heavy (non-hydrogen) atoms. The van der Waals surface area contributed by atoms with E-state index < -0.39 is 11.7 Å². The van der Waals surface area contributed by atoms with Gasteiger partial charge in [0.1, 0.15) is 0 Å². The number of halogens is 3. The van der Waals surface area contributed by atoms with Crippen molar-refractivity contribution in [2.24, 2.45) is 5.92 Å². The van der Waals surface area contributed by atoms with Crippen molar-refractivity contribution in [2.45, 2.75) is 69.0 Å². The van der Waals surface area contributed by atoms with Gasteiger partial charge in [0.2, 0.25) is 0 Å². The van der Waals surface area contributed by atoms with Crippen LogP contribution in [0, 0.1) is 17.2 Å². The summed E-state index contributed by atoms with van der Waals surface area (Å²) < 4.78 is 42.5. The molecule has 8 heteroatoms. The Morgan fingerprint density at radius 2 is 1.76 bits per heavy atom. The molecule has 1 aliphatic heterocycles. The molecular formula is C25H27F3N4O. The quantitative estimate of drug-likeness (QED) is 0.596. The molecule has 0 unspecified atom stereocenters. The smallest absolute Gasteiger partial charge is 0.338 e. The lowest BCUT2D eigenvalue weighted by molar-refractivity contribution is -0.138. The van der Waals surface area contributed by atoms with Gasteiger partial charge in [-0.25, -0.2) is 0 Å². The van der Waals surface area contributed by atoms with Crippen LogP contribution in [0.15, 0.2) is 30.5 Å². The minimum Gasteiger partial charge on any atom is -0.338 e. The largest absolute Gasteiger partial charge is 0.416 e. The number of amides is 1. The first-order valence-corrected chi connectivity index (χ1v) is 11.8. The van der Waals surface area contributed by atoms with Gasteiger partial charge in [0.25, 0.3) is 5.91 Å². The van der Waals surface area contributed by atoms with Crippen LogP contribution in [-0.4, -0.2) is 33.7 Å². The fourth-order valence-electron chi connectivity index (χ4n) is 5.52. The predicted octanol–water partition coefficient (Wildman–Crippen LogP) is 5.66. The second-order valence-electron chi connectivity index (χ2n) is 9.62. The minimum atomic E-state index is -4.40. The standard InChI is InChI=1S/C25H27F3N4O/c26-25(27,28)22-4-2-1-3-20(22)18-11-12-31(15-18)24(33)21-14-30-32(23(21)17-7-8-17)19-9-5-16(13-29)6-10-19/h1-4,14,16-19H,5-12,15H2/t16?,18-,19?/m1/s1. The number of aromatic nitrogens is 2. The molecule has 1 aromatic carbocycles. The molecule has 2 saturated carbocycles. The zero-order valence-electron chi connectivity index (χ0n) is 18.4. The molecule has 1 amide bonds. The van der Waals surface area contributed by atoms with E-state index in [0.29, 0.717) is 24.4 Å². The maximum Gasteiger partial charge on any atom is 0.416 e. The van der Waals surface area contributed by atoms with Gasteiger partial charge in [-0.2, -0.15) is 23.5 Å². The number of likely N-dealkylation sites (tertiary alicyclic amines) is 1. The summed E-state index contributed by atoms with van der Waals surface area (Å²) in [6, 6.07) is 8.25. The topological polar surface area (TPSA) is 61.9 Å². The van der Waals surface area contributed by atoms with E-state index in [4.69, 9.17) is 0 Å². The van der Waals surface area contributed by atoms with Gasteiger partial charge in [-0.3, -0.25) is 9.48 Å². The Bertz CT molecular complexity index is 1070. The van der Waals surface area contributed by atoms with Gasteiger partial charge in [0.15, 0.2) is 0 Å². The molecule has 5 rings (SSSR count). The van der Waals surface area contributed by atoms with Gasteiger partial charge in [-0.05, 0) is 56.6 Å². The van der Waals surface area contributed by atoms with Crippen molar-refractivity contribution in [3.63, 3.8) is 0 Å². The highest BCUT2D eigenvalue weighted by Crippen LogP contribution is 2.45. The van der Waals surface area contributed by atoms with Crippen molar-refractivity contribution in [3.05, 3.63) is 52.8 Å². The Hall–Kier alpha value is -2.82. The van der Waals surface area contributed by atoms with Crippen molar-refractivity contribution in [1.29, 1.82) is 5.26 Å². The lowest BCUT2D eigenvalue weighted by Crippen LogP contribution is -2.29. The lowest BCUT2D eigenvalue weighted by Gasteiger charge is -2.27. The summed E-state index contributed by atoms with van der Waals surface area (Å²) in [4.78, 5) is 15.2. The molecule has 0 spiro atoms. The first kappa shape index (κ1) is 22.0. The highest BCUT2D eigenvalue weighted by Gasteiger charge is 2.40. The molecule has 0 bridgehead atoms. The average Bonchev–Trinajstić information content (AvgIpc) is 3.36. The predicted molar refractivity (Wildman–Crippen MR) is 116 cm³/mol. The van der Waals surface area contributed by atoms with Crippen molar-refractivity contribution in [1.82, 2.24) is 14.7 Å². The zero-order chi connectivity index (χ0) is 23.2. The summed E-state index contributed by atoms with van der Waals surface area (Å²) in [7, 11) is 0. The minimum absolute atomic E-state index is 0.100. The number of carbonyl (C=O) groups is 1. The summed E-state index contributed by atoms with van der Waals surface area (Å²) in [5.41, 5.74) is 1.25. The molecule has 1 atom stereocenters. The van der Waals surface area contributed by atoms with Crippen molar-refractivity contribution in [2.75, 3.05) is 13.1 Å². The van der Waals surface area contributed by atoms with E-state index in [1.807, 2.05) is 4.68 Å². The molecule has 0 radical (unpaired) electrons. The molecule has 2 aliphatic carbocycles. The van der Waals surface area contributed by atoms with E-state index in [1.54, 1.807) is 17.2 Å². The molecule has 174 valence electrons. The molecule has 5 nitrogen and oxygen atoms in total. The Morgan fingerprint density at radius 1 is 1.03 bits per heavy atom. The monoisotopic (exact) mass is 456 g/mol. The molecular weight excluding hydrogens is 429 g/mol. The fourth-order valence-corrected chi connectivity index (χ4v) is 5.52. The number of carbonyl (C=O) groups excluding carboxylic acids is 1. The molecule has 2 aromatic rings. The molecule has 0 N–H and O–H groups in total. The van der Waals surface area contributed by atoms with Gasteiger partial charge in [-0.1, -0.05) is 18.2 Å². The van der Waals surface area contributed by atoms with Crippen LogP contribution in [0.25, 0.3) is 0 Å². The second kappa shape index (κ2) is 8.51. The first-order valence-electron chi connectivity index (χ1n) is 11.8. The van der Waals surface area contributed by atoms with Crippen molar-refractivity contribution < 1.29 is 18.0 Å². The van der Waals surface area contributed by atoms with Crippen LogP contribution in [0.5, 0.6) is 0 Å². The number of benzene rings is 1. The van der Waals surface area contributed by atoms with Gasteiger partial charge >= 0.3 is 6.18 Å². The SMILES string of the molecule is N#CC1CCC(n2ncc(C(=O)N3CC[C@@H](c4ccccc4C(F)(F)F)C3)c2C2CC2)CC1. The highest BCUT2D eigenvalue weighted by atomic mass is 19.4. The first-order chi connectivity index (χ1) is 15.9. The van der Waals surface area contributed by atoms with Crippen LogP contribution >= 0.6 is 0 Å². The van der Waals surface area contributed by atoms with E-state index in [9.17, 15) is 23.2 Å². The van der Waals surface area contributed by atoms with E-state index in [-0.39, 0.29) is 35.9 Å². The van der Waals surface area contributed by atoms with Gasteiger partial charge in [-0.15, -0.1) is 0 Å². The summed E-state index contributed by atoms with van der Waals surface area (Å²) in [6.07, 6.45) is 3.29. The average molecular weight is 457 g/mol. The Labute approximate surface area is 191 Å². The Morgan fingerprint density at radius 3 is 2.42 bits per heavy atom. The number of hydrogen-bond acceptors (Lipinski definition) is 3. The molecule has 3 fully saturated rings. The maximum atomic E-state index is 13.5. The zero-order valence-corrected chi connectivity index (χ0v) is 18.4.